The molecule has 0 unspecified atom stereocenters. The molecule has 20 heavy (non-hydrogen) atoms. The Labute approximate surface area is 118 Å². The molecule has 0 fully saturated rings. The molecular weight excluding hydrogens is 252 g/mol. The van der Waals surface area contributed by atoms with Crippen LogP contribution in [0, 0.1) is 0 Å². The van der Waals surface area contributed by atoms with Crippen LogP contribution in [0.4, 0.5) is 0 Å². The molecule has 0 saturated heterocycles. The highest BCUT2D eigenvalue weighted by molar-refractivity contribution is 5.89. The lowest BCUT2D eigenvalue weighted by Gasteiger charge is -2.05. The monoisotopic (exact) mass is 268 g/mol. The first kappa shape index (κ1) is 14.0. The minimum Gasteiger partial charge on any atom is -0.296 e. The lowest BCUT2D eigenvalue weighted by molar-refractivity contribution is -0.182. The predicted octanol–water partition coefficient (Wildman–Crippen LogP) is 4.05. The van der Waals surface area contributed by atoms with Crippen molar-refractivity contribution in [3.05, 3.63) is 70.8 Å². The molecule has 3 heteroatoms. The maximum Gasteiger partial charge on any atom is 0.372 e. The zero-order chi connectivity index (χ0) is 14.4. The van der Waals surface area contributed by atoms with Crippen LogP contribution in [-0.4, -0.2) is 11.2 Å². The molecule has 0 bridgehead atoms. The normalized spacial score (nSPS) is 10.7. The van der Waals surface area contributed by atoms with Crippen molar-refractivity contribution in [2.45, 2.75) is 13.3 Å². The molecule has 2 aromatic carbocycles. The maximum atomic E-state index is 11.3. The third-order valence-electron chi connectivity index (χ3n) is 3.10. The summed E-state index contributed by atoms with van der Waals surface area (Å²) in [5.41, 5.74) is 3.54. The molecule has 0 aliphatic rings. The Morgan fingerprint density at radius 1 is 1.15 bits per heavy atom. The lowest BCUT2D eigenvalue weighted by Crippen LogP contribution is -2.02. The number of aryl methyl sites for hydroxylation is 1. The molecule has 102 valence electrons. The van der Waals surface area contributed by atoms with Crippen LogP contribution in [0.1, 0.15) is 34.0 Å². The molecule has 0 spiro atoms. The van der Waals surface area contributed by atoms with Gasteiger partial charge in [-0.3, -0.25) is 4.89 Å². The largest absolute Gasteiger partial charge is 0.372 e. The Hall–Kier alpha value is -2.39. The third kappa shape index (κ3) is 3.33. The molecule has 2 rings (SSSR count). The molecule has 0 aliphatic carbocycles. The summed E-state index contributed by atoms with van der Waals surface area (Å²) in [6.07, 6.45) is 4.84. The lowest BCUT2D eigenvalue weighted by atomic mass is 10.0. The quantitative estimate of drug-likeness (QED) is 0.517. The zero-order valence-corrected chi connectivity index (χ0v) is 11.2. The standard InChI is InChI=1S/C17H16O3/c1-2-14-12-16(17(18)20-19)11-10-15(14)9-8-13-6-4-3-5-7-13/h3-12,19H,2H2,1H3. The summed E-state index contributed by atoms with van der Waals surface area (Å²) >= 11 is 0. The van der Waals surface area contributed by atoms with Crippen molar-refractivity contribution >= 4 is 18.1 Å². The summed E-state index contributed by atoms with van der Waals surface area (Å²) in [4.78, 5) is 15.0. The highest BCUT2D eigenvalue weighted by Gasteiger charge is 2.08. The smallest absolute Gasteiger partial charge is 0.296 e. The van der Waals surface area contributed by atoms with Crippen molar-refractivity contribution in [1.82, 2.24) is 0 Å². The van der Waals surface area contributed by atoms with Gasteiger partial charge in [0.1, 0.15) is 0 Å². The third-order valence-corrected chi connectivity index (χ3v) is 3.10. The van der Waals surface area contributed by atoms with E-state index in [1.54, 1.807) is 12.1 Å². The predicted molar refractivity (Wildman–Crippen MR) is 79.2 cm³/mol. The van der Waals surface area contributed by atoms with E-state index in [-0.39, 0.29) is 0 Å². The highest BCUT2D eigenvalue weighted by atomic mass is 17.1. The van der Waals surface area contributed by atoms with Gasteiger partial charge in [0.15, 0.2) is 0 Å². The number of benzene rings is 2. The first-order valence-electron chi connectivity index (χ1n) is 6.46. The Bertz CT molecular complexity index is 615. The first-order valence-corrected chi connectivity index (χ1v) is 6.46. The SMILES string of the molecule is CCc1cc(C(=O)OO)ccc1C=Cc1ccccc1. The Kier molecular flexibility index (Phi) is 4.69. The van der Waals surface area contributed by atoms with Gasteiger partial charge in [0.2, 0.25) is 0 Å². The molecule has 0 heterocycles. The molecule has 2 aromatic rings. The van der Waals surface area contributed by atoms with Crippen LogP contribution in [0.15, 0.2) is 48.5 Å². The fraction of sp³-hybridized carbons (Fsp3) is 0.118. The van der Waals surface area contributed by atoms with E-state index in [9.17, 15) is 4.79 Å². The number of hydrogen-bond donors (Lipinski definition) is 1. The maximum absolute atomic E-state index is 11.3. The van der Waals surface area contributed by atoms with E-state index in [0.29, 0.717) is 5.56 Å². The highest BCUT2D eigenvalue weighted by Crippen LogP contribution is 2.17. The molecule has 0 saturated carbocycles. The van der Waals surface area contributed by atoms with Crippen molar-refractivity contribution in [3.8, 4) is 0 Å². The van der Waals surface area contributed by atoms with Crippen molar-refractivity contribution in [3.63, 3.8) is 0 Å². The van der Waals surface area contributed by atoms with E-state index >= 15 is 0 Å². The molecule has 0 atom stereocenters. The van der Waals surface area contributed by atoms with Crippen LogP contribution in [0.3, 0.4) is 0 Å². The molecule has 1 N–H and O–H groups in total. The summed E-state index contributed by atoms with van der Waals surface area (Å²) in [6, 6.07) is 15.2. The first-order chi connectivity index (χ1) is 9.74. The van der Waals surface area contributed by atoms with Gasteiger partial charge in [-0.1, -0.05) is 55.5 Å². The van der Waals surface area contributed by atoms with Gasteiger partial charge in [-0.25, -0.2) is 4.79 Å². The van der Waals surface area contributed by atoms with E-state index in [0.717, 1.165) is 23.1 Å². The summed E-state index contributed by atoms with van der Waals surface area (Å²) in [7, 11) is 0. The van der Waals surface area contributed by atoms with Gasteiger partial charge in [0, 0.05) is 0 Å². The Morgan fingerprint density at radius 2 is 1.90 bits per heavy atom. The van der Waals surface area contributed by atoms with Gasteiger partial charge in [-0.2, -0.15) is 5.26 Å². The van der Waals surface area contributed by atoms with Crippen LogP contribution in [0.2, 0.25) is 0 Å². The van der Waals surface area contributed by atoms with E-state index in [2.05, 4.69) is 4.89 Å². The summed E-state index contributed by atoms with van der Waals surface area (Å²) < 4.78 is 0. The minimum absolute atomic E-state index is 0.348. The fourth-order valence-corrected chi connectivity index (χ4v) is 2.00. The number of carbonyl (C=O) groups excluding carboxylic acids is 1. The van der Waals surface area contributed by atoms with Crippen LogP contribution >= 0.6 is 0 Å². The number of carbonyl (C=O) groups is 1. The number of hydrogen-bond acceptors (Lipinski definition) is 3. The van der Waals surface area contributed by atoms with Crippen LogP contribution < -0.4 is 0 Å². The van der Waals surface area contributed by atoms with E-state index in [4.69, 9.17) is 5.26 Å². The summed E-state index contributed by atoms with van der Waals surface area (Å²) in [5.74, 6) is -0.738. The van der Waals surface area contributed by atoms with Crippen molar-refractivity contribution in [2.75, 3.05) is 0 Å². The average molecular weight is 268 g/mol. The molecule has 0 aromatic heterocycles. The van der Waals surface area contributed by atoms with Crippen molar-refractivity contribution in [1.29, 1.82) is 0 Å². The van der Waals surface area contributed by atoms with Gasteiger partial charge < -0.3 is 0 Å². The zero-order valence-electron chi connectivity index (χ0n) is 11.2. The summed E-state index contributed by atoms with van der Waals surface area (Å²) in [5, 5.41) is 8.41. The van der Waals surface area contributed by atoms with Crippen LogP contribution in [0.25, 0.3) is 12.2 Å². The average Bonchev–Trinajstić information content (AvgIpc) is 2.53. The molecule has 3 nitrogen and oxygen atoms in total. The molecule has 0 radical (unpaired) electrons. The van der Waals surface area contributed by atoms with Crippen molar-refractivity contribution < 1.29 is 14.9 Å². The fourth-order valence-electron chi connectivity index (χ4n) is 2.00. The van der Waals surface area contributed by atoms with E-state index in [1.165, 1.54) is 0 Å². The minimum atomic E-state index is -0.738. The van der Waals surface area contributed by atoms with Gasteiger partial charge in [0.05, 0.1) is 5.56 Å². The van der Waals surface area contributed by atoms with E-state index in [1.807, 2.05) is 55.5 Å². The topological polar surface area (TPSA) is 46.5 Å². The van der Waals surface area contributed by atoms with Crippen molar-refractivity contribution in [2.24, 2.45) is 0 Å². The molecule has 0 amide bonds. The summed E-state index contributed by atoms with van der Waals surface area (Å²) in [6.45, 7) is 2.02. The second kappa shape index (κ2) is 6.68. The molecule has 0 aliphatic heterocycles. The van der Waals surface area contributed by atoms with Gasteiger partial charge in [0.25, 0.3) is 0 Å². The van der Waals surface area contributed by atoms with Crippen LogP contribution in [0.5, 0.6) is 0 Å². The number of rotatable bonds is 4. The van der Waals surface area contributed by atoms with E-state index < -0.39 is 5.97 Å². The Balaban J connectivity index is 2.28. The van der Waals surface area contributed by atoms with Crippen LogP contribution in [-0.2, 0) is 11.3 Å². The van der Waals surface area contributed by atoms with Gasteiger partial charge in [-0.05, 0) is 35.2 Å². The Morgan fingerprint density at radius 3 is 2.55 bits per heavy atom. The van der Waals surface area contributed by atoms with Gasteiger partial charge >= 0.3 is 5.97 Å². The van der Waals surface area contributed by atoms with Gasteiger partial charge in [-0.15, -0.1) is 0 Å². The second-order valence-corrected chi connectivity index (χ2v) is 4.39. The molecular formula is C17H16O3. The second-order valence-electron chi connectivity index (χ2n) is 4.39.